The Hall–Kier alpha value is -2.63. The molecule has 1 aromatic heterocycles. The standard InChI is InChI=1S/C24H23ClN2O3/c1-27-12-15(21(28)13-30-24(29)14-6-3-2-4-7-14)10-17-16-8-5-9-19-22(16)18(11-20(17)27)23(25)26-19/h2-9,15,17,20,26H,10-13H2,1H3/t15-,17-,20-/m1/s1. The Balaban J connectivity index is 1.34. The van der Waals surface area contributed by atoms with Crippen molar-refractivity contribution in [2.75, 3.05) is 20.2 Å². The van der Waals surface area contributed by atoms with E-state index in [1.165, 1.54) is 16.5 Å². The number of fused-ring (bicyclic) bond motifs is 2. The molecule has 0 spiro atoms. The number of H-pyrrole nitrogens is 1. The number of likely N-dealkylation sites (N-methyl/N-ethyl adjacent to an activating group) is 1. The number of hydrogen-bond acceptors (Lipinski definition) is 4. The molecule has 1 saturated heterocycles. The van der Waals surface area contributed by atoms with Crippen LogP contribution in [0, 0.1) is 5.92 Å². The van der Waals surface area contributed by atoms with Crippen LogP contribution in [0.1, 0.15) is 33.8 Å². The highest BCUT2D eigenvalue weighted by atomic mass is 35.5. The molecule has 1 fully saturated rings. The Labute approximate surface area is 180 Å². The van der Waals surface area contributed by atoms with Crippen LogP contribution in [0.4, 0.5) is 0 Å². The molecule has 0 amide bonds. The minimum absolute atomic E-state index is 0.0188. The Morgan fingerprint density at radius 2 is 1.97 bits per heavy atom. The third-order valence-corrected chi connectivity index (χ3v) is 6.93. The Kier molecular flexibility index (Phi) is 4.88. The molecule has 3 atom stereocenters. The predicted molar refractivity (Wildman–Crippen MR) is 116 cm³/mol. The summed E-state index contributed by atoms with van der Waals surface area (Å²) in [6.45, 7) is 0.477. The Morgan fingerprint density at radius 3 is 2.77 bits per heavy atom. The highest BCUT2D eigenvalue weighted by molar-refractivity contribution is 6.32. The second-order valence-corrected chi connectivity index (χ2v) is 8.72. The molecule has 0 saturated carbocycles. The fourth-order valence-electron chi connectivity index (χ4n) is 5.13. The van der Waals surface area contributed by atoms with E-state index < -0.39 is 5.97 Å². The van der Waals surface area contributed by atoms with Crippen LogP contribution in [0.5, 0.6) is 0 Å². The number of aromatic amines is 1. The van der Waals surface area contributed by atoms with Crippen molar-refractivity contribution < 1.29 is 14.3 Å². The van der Waals surface area contributed by atoms with E-state index in [4.69, 9.17) is 16.3 Å². The van der Waals surface area contributed by atoms with Crippen molar-refractivity contribution in [3.05, 3.63) is 70.4 Å². The van der Waals surface area contributed by atoms with E-state index in [1.807, 2.05) is 18.2 Å². The first-order valence-corrected chi connectivity index (χ1v) is 10.6. The van der Waals surface area contributed by atoms with E-state index in [2.05, 4.69) is 23.0 Å². The van der Waals surface area contributed by atoms with Gasteiger partial charge in [0.2, 0.25) is 0 Å². The van der Waals surface area contributed by atoms with Gasteiger partial charge in [0.1, 0.15) is 5.15 Å². The lowest BCUT2D eigenvalue weighted by atomic mass is 9.71. The molecule has 1 N–H and O–H groups in total. The maximum atomic E-state index is 12.9. The molecule has 1 aliphatic carbocycles. The normalized spacial score (nSPS) is 23.2. The number of halogens is 1. The average molecular weight is 423 g/mol. The predicted octanol–water partition coefficient (Wildman–Crippen LogP) is 4.21. The number of likely N-dealkylation sites (tertiary alicyclic amines) is 1. The van der Waals surface area contributed by atoms with Gasteiger partial charge in [-0.1, -0.05) is 41.9 Å². The van der Waals surface area contributed by atoms with Crippen LogP contribution in [-0.2, 0) is 16.0 Å². The number of esters is 1. The largest absolute Gasteiger partial charge is 0.454 e. The molecule has 2 aliphatic rings. The third-order valence-electron chi connectivity index (χ3n) is 6.61. The zero-order valence-electron chi connectivity index (χ0n) is 16.7. The van der Waals surface area contributed by atoms with E-state index in [1.54, 1.807) is 24.3 Å². The zero-order valence-corrected chi connectivity index (χ0v) is 17.5. The van der Waals surface area contributed by atoms with Crippen molar-refractivity contribution in [1.29, 1.82) is 0 Å². The van der Waals surface area contributed by atoms with Crippen LogP contribution in [0.25, 0.3) is 10.9 Å². The Morgan fingerprint density at radius 1 is 1.17 bits per heavy atom. The van der Waals surface area contributed by atoms with Crippen LogP contribution in [-0.4, -0.2) is 47.9 Å². The fraction of sp³-hybridized carbons (Fsp3) is 0.333. The van der Waals surface area contributed by atoms with Crippen molar-refractivity contribution in [3.8, 4) is 0 Å². The van der Waals surface area contributed by atoms with Crippen molar-refractivity contribution in [2.24, 2.45) is 5.92 Å². The van der Waals surface area contributed by atoms with Crippen LogP contribution >= 0.6 is 11.6 Å². The molecular formula is C24H23ClN2O3. The molecule has 30 heavy (non-hydrogen) atoms. The highest BCUT2D eigenvalue weighted by Crippen LogP contribution is 2.46. The molecule has 0 unspecified atom stereocenters. The third kappa shape index (κ3) is 3.22. The first-order valence-electron chi connectivity index (χ1n) is 10.3. The number of carbonyl (C=O) groups excluding carboxylic acids is 2. The first kappa shape index (κ1) is 19.3. The van der Waals surface area contributed by atoms with Crippen molar-refractivity contribution in [2.45, 2.75) is 24.8 Å². The quantitative estimate of drug-likeness (QED) is 0.640. The number of ketones is 1. The lowest BCUT2D eigenvalue weighted by Crippen LogP contribution is -2.50. The van der Waals surface area contributed by atoms with Crippen molar-refractivity contribution in [3.63, 3.8) is 0 Å². The summed E-state index contributed by atoms with van der Waals surface area (Å²) in [5.41, 5.74) is 3.95. The molecule has 6 heteroatoms. The van der Waals surface area contributed by atoms with Crippen molar-refractivity contribution in [1.82, 2.24) is 9.88 Å². The summed E-state index contributed by atoms with van der Waals surface area (Å²) in [5.74, 6) is -0.383. The van der Waals surface area contributed by atoms with Gasteiger partial charge in [0.15, 0.2) is 12.4 Å². The number of nitrogens with zero attached hydrogens (tertiary/aromatic N) is 1. The van der Waals surface area contributed by atoms with Gasteiger partial charge in [-0.05, 0) is 49.2 Å². The van der Waals surface area contributed by atoms with Crippen LogP contribution < -0.4 is 0 Å². The second kappa shape index (κ2) is 7.56. The van der Waals surface area contributed by atoms with E-state index in [9.17, 15) is 9.59 Å². The van der Waals surface area contributed by atoms with Gasteiger partial charge in [-0.25, -0.2) is 4.79 Å². The summed E-state index contributed by atoms with van der Waals surface area (Å²) in [7, 11) is 2.07. The number of carbonyl (C=O) groups is 2. The summed E-state index contributed by atoms with van der Waals surface area (Å²) < 4.78 is 5.30. The number of aromatic nitrogens is 1. The lowest BCUT2D eigenvalue weighted by molar-refractivity contribution is -0.128. The molecule has 5 rings (SSSR count). The molecule has 154 valence electrons. The molecule has 0 bridgehead atoms. The average Bonchev–Trinajstić information content (AvgIpc) is 3.09. The summed E-state index contributed by atoms with van der Waals surface area (Å²) in [6, 6.07) is 15.3. The fourth-order valence-corrected chi connectivity index (χ4v) is 5.40. The minimum Gasteiger partial charge on any atom is -0.454 e. The SMILES string of the molecule is CN1C[C@H](C(=O)COC(=O)c2ccccc2)C[C@@H]2c3cccc4[nH]c(Cl)c(c34)C[C@H]21. The van der Waals surface area contributed by atoms with Gasteiger partial charge in [0, 0.05) is 35.3 Å². The van der Waals surface area contributed by atoms with Crippen LogP contribution in [0.3, 0.4) is 0 Å². The van der Waals surface area contributed by atoms with Crippen LogP contribution in [0.2, 0.25) is 5.15 Å². The Bertz CT molecular complexity index is 1120. The van der Waals surface area contributed by atoms with Gasteiger partial charge >= 0.3 is 5.97 Å². The molecule has 5 nitrogen and oxygen atoms in total. The summed E-state index contributed by atoms with van der Waals surface area (Å²) in [4.78, 5) is 30.7. The smallest absolute Gasteiger partial charge is 0.338 e. The van der Waals surface area contributed by atoms with Crippen LogP contribution in [0.15, 0.2) is 48.5 Å². The second-order valence-electron chi connectivity index (χ2n) is 8.35. The molecule has 1 aliphatic heterocycles. The topological polar surface area (TPSA) is 62.4 Å². The summed E-state index contributed by atoms with van der Waals surface area (Å²) in [5, 5.41) is 1.93. The summed E-state index contributed by atoms with van der Waals surface area (Å²) >= 11 is 6.48. The van der Waals surface area contributed by atoms with E-state index >= 15 is 0 Å². The zero-order chi connectivity index (χ0) is 20.8. The van der Waals surface area contributed by atoms with E-state index in [0.717, 1.165) is 23.5 Å². The highest BCUT2D eigenvalue weighted by Gasteiger charge is 2.42. The number of hydrogen-bond donors (Lipinski definition) is 1. The number of rotatable bonds is 4. The van der Waals surface area contributed by atoms with Gasteiger partial charge in [0.25, 0.3) is 0 Å². The van der Waals surface area contributed by atoms with Gasteiger partial charge in [-0.3, -0.25) is 4.79 Å². The number of ether oxygens (including phenoxy) is 1. The summed E-state index contributed by atoms with van der Waals surface area (Å²) in [6.07, 6.45) is 1.64. The number of benzene rings is 2. The maximum absolute atomic E-state index is 12.9. The monoisotopic (exact) mass is 422 g/mol. The van der Waals surface area contributed by atoms with Gasteiger partial charge < -0.3 is 14.6 Å². The number of nitrogens with one attached hydrogen (secondary N) is 1. The molecular weight excluding hydrogens is 400 g/mol. The number of piperidine rings is 1. The van der Waals surface area contributed by atoms with E-state index in [-0.39, 0.29) is 24.2 Å². The molecule has 3 aromatic rings. The van der Waals surface area contributed by atoms with Gasteiger partial charge in [-0.2, -0.15) is 0 Å². The molecule has 0 radical (unpaired) electrons. The number of Topliss-reactive ketones (excluding diaryl/α,β-unsaturated/α-hetero) is 1. The van der Waals surface area contributed by atoms with Gasteiger partial charge in [0.05, 0.1) is 5.56 Å². The molecule has 2 aromatic carbocycles. The first-order chi connectivity index (χ1) is 14.5. The maximum Gasteiger partial charge on any atom is 0.338 e. The minimum atomic E-state index is -0.458. The molecule has 2 heterocycles. The lowest BCUT2D eigenvalue weighted by Gasteiger charge is -2.45. The van der Waals surface area contributed by atoms with E-state index in [0.29, 0.717) is 18.2 Å². The van der Waals surface area contributed by atoms with Crippen molar-refractivity contribution >= 4 is 34.3 Å². The van der Waals surface area contributed by atoms with Gasteiger partial charge in [-0.15, -0.1) is 0 Å².